The molecule has 0 aromatic heterocycles. The van der Waals surface area contributed by atoms with Crippen LogP contribution in [0, 0.1) is 5.92 Å². The van der Waals surface area contributed by atoms with Gasteiger partial charge in [-0.2, -0.15) is 0 Å². The third-order valence-corrected chi connectivity index (χ3v) is 5.93. The quantitative estimate of drug-likeness (QED) is 0.767. The number of amides is 2. The molecule has 3 unspecified atom stereocenters. The molecule has 2 heterocycles. The Morgan fingerprint density at radius 1 is 1.65 bits per heavy atom. The number of nitrogens with zero attached hydrogens (tertiary/aromatic N) is 1. The van der Waals surface area contributed by atoms with Gasteiger partial charge in [0.15, 0.2) is 0 Å². The van der Waals surface area contributed by atoms with Crippen LogP contribution in [0.15, 0.2) is 0 Å². The van der Waals surface area contributed by atoms with Gasteiger partial charge in [-0.3, -0.25) is 9.59 Å². The first-order valence-corrected chi connectivity index (χ1v) is 8.35. The molecule has 2 aliphatic heterocycles. The summed E-state index contributed by atoms with van der Waals surface area (Å²) < 4.78 is 0. The smallest absolute Gasteiger partial charge is 0.243 e. The largest absolute Gasteiger partial charge is 0.396 e. The van der Waals surface area contributed by atoms with E-state index in [-0.39, 0.29) is 29.3 Å². The topological polar surface area (TPSA) is 69.6 Å². The molecule has 6 heteroatoms. The number of carbonyl (C=O) groups is 2. The average Bonchev–Trinajstić information content (AvgIpc) is 2.91. The minimum atomic E-state index is -0.327. The number of hydrogen-bond donors (Lipinski definition) is 2. The molecular weight excluding hydrogens is 276 g/mol. The Hall–Kier alpha value is -0.750. The molecule has 0 radical (unpaired) electrons. The lowest BCUT2D eigenvalue weighted by molar-refractivity contribution is -0.138. The van der Waals surface area contributed by atoms with Gasteiger partial charge in [-0.05, 0) is 25.7 Å². The molecule has 2 N–H and O–H groups in total. The summed E-state index contributed by atoms with van der Waals surface area (Å²) in [5, 5.41) is 11.9. The summed E-state index contributed by atoms with van der Waals surface area (Å²) in [5.41, 5.74) is 0. The molecule has 3 atom stereocenters. The predicted molar refractivity (Wildman–Crippen MR) is 79.2 cm³/mol. The second kappa shape index (κ2) is 6.35. The summed E-state index contributed by atoms with van der Waals surface area (Å²) in [4.78, 5) is 25.9. The highest BCUT2D eigenvalue weighted by atomic mass is 32.2. The zero-order valence-corrected chi connectivity index (χ0v) is 13.0. The second-order valence-corrected chi connectivity index (χ2v) is 7.30. The van der Waals surface area contributed by atoms with Crippen molar-refractivity contribution in [2.75, 3.05) is 18.9 Å². The maximum atomic E-state index is 12.3. The van der Waals surface area contributed by atoms with E-state index in [0.717, 1.165) is 12.8 Å². The van der Waals surface area contributed by atoms with E-state index < -0.39 is 0 Å². The van der Waals surface area contributed by atoms with Crippen LogP contribution in [-0.4, -0.2) is 51.6 Å². The summed E-state index contributed by atoms with van der Waals surface area (Å²) in [6.45, 7) is 4.83. The molecule has 0 spiro atoms. The number of aliphatic hydroxyl groups excluding tert-OH is 1. The Bertz CT molecular complexity index is 391. The summed E-state index contributed by atoms with van der Waals surface area (Å²) >= 11 is 1.71. The van der Waals surface area contributed by atoms with Crippen LogP contribution in [0.4, 0.5) is 0 Å². The number of nitrogens with one attached hydrogen (secondary N) is 1. The van der Waals surface area contributed by atoms with Crippen molar-refractivity contribution in [2.45, 2.75) is 50.4 Å². The van der Waals surface area contributed by atoms with E-state index >= 15 is 0 Å². The van der Waals surface area contributed by atoms with E-state index in [9.17, 15) is 9.59 Å². The van der Waals surface area contributed by atoms with Crippen LogP contribution in [-0.2, 0) is 9.59 Å². The summed E-state index contributed by atoms with van der Waals surface area (Å²) in [6.07, 6.45) is 3.02. The van der Waals surface area contributed by atoms with Gasteiger partial charge in [0.1, 0.15) is 6.04 Å². The van der Waals surface area contributed by atoms with E-state index in [1.165, 1.54) is 0 Å². The molecule has 2 aliphatic rings. The Labute approximate surface area is 124 Å². The molecule has 5 nitrogen and oxygen atoms in total. The average molecular weight is 300 g/mol. The number of hydrogen-bond acceptors (Lipinski definition) is 4. The van der Waals surface area contributed by atoms with Crippen molar-refractivity contribution in [3.8, 4) is 0 Å². The maximum absolute atomic E-state index is 12.3. The predicted octanol–water partition coefficient (Wildman–Crippen LogP) is 0.965. The Balaban J connectivity index is 1.91. The zero-order valence-electron chi connectivity index (χ0n) is 12.2. The Morgan fingerprint density at radius 2 is 2.40 bits per heavy atom. The molecule has 0 saturated carbocycles. The first kappa shape index (κ1) is 15.6. The molecule has 20 heavy (non-hydrogen) atoms. The van der Waals surface area contributed by atoms with Crippen molar-refractivity contribution in [2.24, 2.45) is 5.92 Å². The lowest BCUT2D eigenvalue weighted by Crippen LogP contribution is -2.50. The van der Waals surface area contributed by atoms with Crippen LogP contribution < -0.4 is 5.32 Å². The number of thioether (sulfide) groups is 1. The highest BCUT2D eigenvalue weighted by Gasteiger charge is 2.52. The molecule has 114 valence electrons. The SMILES string of the molecule is CCC(CCO)CNC(=O)C1CSC2(C)CCC(=O)N12. The van der Waals surface area contributed by atoms with E-state index in [1.54, 1.807) is 16.7 Å². The molecule has 0 aromatic rings. The molecule has 0 bridgehead atoms. The Kier molecular flexibility index (Phi) is 4.96. The minimum absolute atomic E-state index is 0.0483. The Morgan fingerprint density at radius 3 is 3.05 bits per heavy atom. The number of rotatable bonds is 6. The van der Waals surface area contributed by atoms with Crippen molar-refractivity contribution in [3.05, 3.63) is 0 Å². The minimum Gasteiger partial charge on any atom is -0.396 e. The van der Waals surface area contributed by atoms with Crippen molar-refractivity contribution in [1.29, 1.82) is 0 Å². The van der Waals surface area contributed by atoms with Crippen molar-refractivity contribution < 1.29 is 14.7 Å². The molecular formula is C14H24N2O3S. The highest BCUT2D eigenvalue weighted by Crippen LogP contribution is 2.47. The number of fused-ring (bicyclic) bond motifs is 1. The van der Waals surface area contributed by atoms with Crippen LogP contribution >= 0.6 is 11.8 Å². The molecule has 2 saturated heterocycles. The van der Waals surface area contributed by atoms with Crippen molar-refractivity contribution in [1.82, 2.24) is 10.2 Å². The lowest BCUT2D eigenvalue weighted by Gasteiger charge is -2.30. The standard InChI is InChI=1S/C14H24N2O3S/c1-3-10(5-7-17)8-15-13(19)11-9-20-14(2)6-4-12(18)16(11)14/h10-11,17H,3-9H2,1-2H3,(H,15,19). The molecule has 2 fully saturated rings. The third-order valence-electron chi connectivity index (χ3n) is 4.43. The van der Waals surface area contributed by atoms with Crippen LogP contribution in [0.5, 0.6) is 0 Å². The molecule has 2 amide bonds. The van der Waals surface area contributed by atoms with E-state index in [0.29, 0.717) is 31.1 Å². The van der Waals surface area contributed by atoms with Crippen LogP contribution in [0.1, 0.15) is 39.5 Å². The highest BCUT2D eigenvalue weighted by molar-refractivity contribution is 8.01. The summed E-state index contributed by atoms with van der Waals surface area (Å²) in [6, 6.07) is -0.327. The molecule has 0 aromatic carbocycles. The van der Waals surface area contributed by atoms with Crippen molar-refractivity contribution in [3.63, 3.8) is 0 Å². The van der Waals surface area contributed by atoms with Gasteiger partial charge in [0.25, 0.3) is 0 Å². The van der Waals surface area contributed by atoms with Gasteiger partial charge in [-0.15, -0.1) is 11.8 Å². The van der Waals surface area contributed by atoms with Gasteiger partial charge >= 0.3 is 0 Å². The van der Waals surface area contributed by atoms with Crippen LogP contribution in [0.2, 0.25) is 0 Å². The van der Waals surface area contributed by atoms with E-state index in [1.807, 2.05) is 0 Å². The number of carbonyl (C=O) groups excluding carboxylic acids is 2. The van der Waals surface area contributed by atoms with Gasteiger partial charge in [-0.25, -0.2) is 0 Å². The first-order valence-electron chi connectivity index (χ1n) is 7.36. The normalized spacial score (nSPS) is 30.4. The van der Waals surface area contributed by atoms with Gasteiger partial charge in [0, 0.05) is 25.3 Å². The van der Waals surface area contributed by atoms with Crippen LogP contribution in [0.25, 0.3) is 0 Å². The van der Waals surface area contributed by atoms with Gasteiger partial charge in [-0.1, -0.05) is 13.3 Å². The summed E-state index contributed by atoms with van der Waals surface area (Å²) in [5.74, 6) is 1.04. The lowest BCUT2D eigenvalue weighted by atomic mass is 10.0. The zero-order chi connectivity index (χ0) is 14.8. The first-order chi connectivity index (χ1) is 9.51. The third kappa shape index (κ3) is 2.96. The fraction of sp³-hybridized carbons (Fsp3) is 0.857. The monoisotopic (exact) mass is 300 g/mol. The maximum Gasteiger partial charge on any atom is 0.243 e. The van der Waals surface area contributed by atoms with E-state index in [4.69, 9.17) is 5.11 Å². The van der Waals surface area contributed by atoms with E-state index in [2.05, 4.69) is 19.2 Å². The van der Waals surface area contributed by atoms with Crippen LogP contribution in [0.3, 0.4) is 0 Å². The summed E-state index contributed by atoms with van der Waals surface area (Å²) in [7, 11) is 0. The van der Waals surface area contributed by atoms with Crippen molar-refractivity contribution >= 4 is 23.6 Å². The second-order valence-electron chi connectivity index (χ2n) is 5.80. The van der Waals surface area contributed by atoms with Gasteiger partial charge in [0.05, 0.1) is 4.87 Å². The van der Waals surface area contributed by atoms with Gasteiger partial charge in [0.2, 0.25) is 11.8 Å². The number of aliphatic hydroxyl groups is 1. The fourth-order valence-electron chi connectivity index (χ4n) is 3.01. The van der Waals surface area contributed by atoms with Gasteiger partial charge < -0.3 is 15.3 Å². The molecule has 0 aliphatic carbocycles. The fourth-order valence-corrected chi connectivity index (χ4v) is 4.44. The molecule has 2 rings (SSSR count).